The summed E-state index contributed by atoms with van der Waals surface area (Å²) in [4.78, 5) is 22.8. The number of aromatic nitrogens is 2. The van der Waals surface area contributed by atoms with Crippen molar-refractivity contribution in [3.05, 3.63) is 59.2 Å². The van der Waals surface area contributed by atoms with Crippen molar-refractivity contribution in [3.63, 3.8) is 0 Å². The van der Waals surface area contributed by atoms with Crippen LogP contribution in [0.2, 0.25) is 0 Å². The zero-order valence-electron chi connectivity index (χ0n) is 17.0. The highest BCUT2D eigenvalue weighted by molar-refractivity contribution is 7.88. The van der Waals surface area contributed by atoms with Gasteiger partial charge in [-0.2, -0.15) is 0 Å². The fraction of sp³-hybridized carbons (Fsp3) is 0.476. The number of hydrogen-bond acceptors (Lipinski definition) is 5. The molecule has 0 unspecified atom stereocenters. The Kier molecular flexibility index (Phi) is 6.97. The van der Waals surface area contributed by atoms with Gasteiger partial charge in [0.25, 0.3) is 5.91 Å². The quantitative estimate of drug-likeness (QED) is 0.745. The van der Waals surface area contributed by atoms with E-state index in [2.05, 4.69) is 39.0 Å². The third-order valence-corrected chi connectivity index (χ3v) is 5.96. The molecule has 1 aromatic carbocycles. The number of carbonyl (C=O) groups is 1. The minimum atomic E-state index is -3.14. The van der Waals surface area contributed by atoms with Crippen LogP contribution in [0.25, 0.3) is 0 Å². The summed E-state index contributed by atoms with van der Waals surface area (Å²) in [5, 5.41) is 0. The van der Waals surface area contributed by atoms with E-state index in [-0.39, 0.29) is 5.91 Å². The number of rotatable bonds is 7. The van der Waals surface area contributed by atoms with Gasteiger partial charge >= 0.3 is 0 Å². The molecule has 0 radical (unpaired) electrons. The summed E-state index contributed by atoms with van der Waals surface area (Å²) in [6, 6.07) is 8.37. The Balaban J connectivity index is 1.45. The molecule has 2 heterocycles. The standard InChI is InChI=1S/C21H28N4O3S/c1-16-14-23-20(15-22-16)21(26)25-11-8-19(9-12-25)13-18-5-3-17(4-6-18)7-10-24-29(2,27)28/h3-6,14-15,19,24H,7-13H2,1-2H3. The van der Waals surface area contributed by atoms with Gasteiger partial charge in [-0.25, -0.2) is 18.1 Å². The molecular formula is C21H28N4O3S. The van der Waals surface area contributed by atoms with Crippen LogP contribution in [0.4, 0.5) is 0 Å². The molecule has 0 atom stereocenters. The van der Waals surface area contributed by atoms with Crippen LogP contribution >= 0.6 is 0 Å². The summed E-state index contributed by atoms with van der Waals surface area (Å²) in [6.45, 7) is 3.75. The molecule has 3 rings (SSSR count). The summed E-state index contributed by atoms with van der Waals surface area (Å²) >= 11 is 0. The van der Waals surface area contributed by atoms with Crippen molar-refractivity contribution in [2.24, 2.45) is 5.92 Å². The normalized spacial score (nSPS) is 15.4. The fourth-order valence-electron chi connectivity index (χ4n) is 3.56. The van der Waals surface area contributed by atoms with Gasteiger partial charge in [0, 0.05) is 25.8 Å². The number of likely N-dealkylation sites (tertiary alicyclic amines) is 1. The Morgan fingerprint density at radius 1 is 1.10 bits per heavy atom. The molecule has 1 aromatic heterocycles. The van der Waals surface area contributed by atoms with Crippen molar-refractivity contribution in [1.29, 1.82) is 0 Å². The van der Waals surface area contributed by atoms with Crippen molar-refractivity contribution in [1.82, 2.24) is 19.6 Å². The number of amides is 1. The zero-order valence-corrected chi connectivity index (χ0v) is 17.8. The van der Waals surface area contributed by atoms with Gasteiger partial charge in [-0.1, -0.05) is 24.3 Å². The molecule has 1 saturated heterocycles. The predicted molar refractivity (Wildman–Crippen MR) is 112 cm³/mol. The Morgan fingerprint density at radius 2 is 1.76 bits per heavy atom. The summed E-state index contributed by atoms with van der Waals surface area (Å²) in [5.74, 6) is 0.518. The first-order chi connectivity index (χ1) is 13.8. The molecule has 1 aliphatic heterocycles. The maximum absolute atomic E-state index is 12.5. The van der Waals surface area contributed by atoms with E-state index >= 15 is 0 Å². The lowest BCUT2D eigenvalue weighted by molar-refractivity contribution is 0.0684. The SMILES string of the molecule is Cc1cnc(C(=O)N2CCC(Cc3ccc(CCNS(C)(=O)=O)cc3)CC2)cn1. The topological polar surface area (TPSA) is 92.3 Å². The third-order valence-electron chi connectivity index (χ3n) is 5.23. The number of piperidine rings is 1. The average molecular weight is 417 g/mol. The molecule has 0 spiro atoms. The molecule has 156 valence electrons. The van der Waals surface area contributed by atoms with E-state index < -0.39 is 10.0 Å². The van der Waals surface area contributed by atoms with Crippen LogP contribution in [0.3, 0.4) is 0 Å². The molecule has 1 amide bonds. The predicted octanol–water partition coefficient (Wildman–Crippen LogP) is 1.97. The number of aryl methyl sites for hydroxylation is 1. The molecular weight excluding hydrogens is 388 g/mol. The van der Waals surface area contributed by atoms with Crippen molar-refractivity contribution in [3.8, 4) is 0 Å². The van der Waals surface area contributed by atoms with Crippen LogP contribution in [0, 0.1) is 12.8 Å². The van der Waals surface area contributed by atoms with Crippen LogP contribution in [0.5, 0.6) is 0 Å². The van der Waals surface area contributed by atoms with Crippen LogP contribution in [0.15, 0.2) is 36.7 Å². The van der Waals surface area contributed by atoms with Crippen LogP contribution in [-0.2, 0) is 22.9 Å². The van der Waals surface area contributed by atoms with Gasteiger partial charge in [-0.05, 0) is 49.7 Å². The van der Waals surface area contributed by atoms with E-state index in [0.29, 0.717) is 24.6 Å². The van der Waals surface area contributed by atoms with Crippen LogP contribution < -0.4 is 4.72 Å². The Labute approximate surface area is 172 Å². The molecule has 0 aliphatic carbocycles. The van der Waals surface area contributed by atoms with Gasteiger partial charge in [0.05, 0.1) is 18.1 Å². The first-order valence-electron chi connectivity index (χ1n) is 9.90. The lowest BCUT2D eigenvalue weighted by atomic mass is 9.89. The summed E-state index contributed by atoms with van der Waals surface area (Å²) in [7, 11) is -3.14. The summed E-state index contributed by atoms with van der Waals surface area (Å²) in [5.41, 5.74) is 3.61. The van der Waals surface area contributed by atoms with Gasteiger partial charge in [-0.3, -0.25) is 9.78 Å². The molecule has 0 saturated carbocycles. The summed E-state index contributed by atoms with van der Waals surface area (Å²) in [6.07, 6.45) is 7.97. The molecule has 0 bridgehead atoms. The molecule has 29 heavy (non-hydrogen) atoms. The third kappa shape index (κ3) is 6.61. The minimum absolute atomic E-state index is 0.0389. The monoisotopic (exact) mass is 416 g/mol. The van der Waals surface area contributed by atoms with Crippen molar-refractivity contribution in [2.45, 2.75) is 32.6 Å². The van der Waals surface area contributed by atoms with E-state index in [1.54, 1.807) is 12.4 Å². The molecule has 8 heteroatoms. The lowest BCUT2D eigenvalue weighted by Gasteiger charge is -2.31. The summed E-state index contributed by atoms with van der Waals surface area (Å²) < 4.78 is 24.7. The van der Waals surface area contributed by atoms with E-state index in [0.717, 1.165) is 43.6 Å². The van der Waals surface area contributed by atoms with E-state index in [1.807, 2.05) is 11.8 Å². The maximum atomic E-state index is 12.5. The van der Waals surface area contributed by atoms with Gasteiger partial charge in [0.15, 0.2) is 0 Å². The highest BCUT2D eigenvalue weighted by Gasteiger charge is 2.24. The molecule has 1 N–H and O–H groups in total. The molecule has 7 nitrogen and oxygen atoms in total. The molecule has 2 aromatic rings. The van der Waals surface area contributed by atoms with Crippen LogP contribution in [-0.4, -0.2) is 55.1 Å². The maximum Gasteiger partial charge on any atom is 0.274 e. The molecule has 1 fully saturated rings. The first-order valence-corrected chi connectivity index (χ1v) is 11.8. The number of nitrogens with zero attached hydrogens (tertiary/aromatic N) is 3. The zero-order chi connectivity index (χ0) is 20.9. The van der Waals surface area contributed by atoms with Crippen LogP contribution in [0.1, 0.15) is 40.2 Å². The first kappa shape index (κ1) is 21.4. The molecule has 1 aliphatic rings. The second-order valence-electron chi connectivity index (χ2n) is 7.72. The van der Waals surface area contributed by atoms with Gasteiger partial charge in [0.1, 0.15) is 5.69 Å². The highest BCUT2D eigenvalue weighted by Crippen LogP contribution is 2.23. The van der Waals surface area contributed by atoms with Gasteiger partial charge < -0.3 is 4.90 Å². The van der Waals surface area contributed by atoms with E-state index in [9.17, 15) is 13.2 Å². The number of carbonyl (C=O) groups excluding carboxylic acids is 1. The Morgan fingerprint density at radius 3 is 2.34 bits per heavy atom. The van der Waals surface area contributed by atoms with E-state index in [4.69, 9.17) is 0 Å². The fourth-order valence-corrected chi connectivity index (χ4v) is 4.03. The number of nitrogens with one attached hydrogen (secondary N) is 1. The smallest absolute Gasteiger partial charge is 0.274 e. The van der Waals surface area contributed by atoms with Gasteiger partial charge in [0.2, 0.25) is 10.0 Å². The van der Waals surface area contributed by atoms with Crippen molar-refractivity contribution >= 4 is 15.9 Å². The largest absolute Gasteiger partial charge is 0.337 e. The number of hydrogen-bond donors (Lipinski definition) is 1. The second-order valence-corrected chi connectivity index (χ2v) is 9.55. The minimum Gasteiger partial charge on any atom is -0.337 e. The Hall–Kier alpha value is -2.32. The highest BCUT2D eigenvalue weighted by atomic mass is 32.2. The second kappa shape index (κ2) is 9.45. The average Bonchev–Trinajstić information content (AvgIpc) is 2.69. The number of sulfonamides is 1. The Bertz CT molecular complexity index is 919. The number of benzene rings is 1. The van der Waals surface area contributed by atoms with E-state index in [1.165, 1.54) is 11.8 Å². The van der Waals surface area contributed by atoms with Crippen molar-refractivity contribution < 1.29 is 13.2 Å². The van der Waals surface area contributed by atoms with Gasteiger partial charge in [-0.15, -0.1) is 0 Å². The van der Waals surface area contributed by atoms with Crippen molar-refractivity contribution in [2.75, 3.05) is 25.9 Å². The lowest BCUT2D eigenvalue weighted by Crippen LogP contribution is -2.39.